The highest BCUT2D eigenvalue weighted by atomic mass is 35.5. The van der Waals surface area contributed by atoms with E-state index in [1.165, 1.54) is 5.69 Å². The first-order valence-electron chi connectivity index (χ1n) is 5.77. The van der Waals surface area contributed by atoms with Crippen LogP contribution in [0.15, 0.2) is 18.2 Å². The molecular formula is C13H18ClNO. The van der Waals surface area contributed by atoms with Crippen molar-refractivity contribution in [2.45, 2.75) is 26.3 Å². The van der Waals surface area contributed by atoms with Crippen molar-refractivity contribution in [2.24, 2.45) is 5.92 Å². The quantitative estimate of drug-likeness (QED) is 0.858. The van der Waals surface area contributed by atoms with Crippen LogP contribution in [0.1, 0.15) is 18.9 Å². The fourth-order valence-corrected chi connectivity index (χ4v) is 2.55. The topological polar surface area (TPSA) is 23.5 Å². The number of benzene rings is 1. The molecule has 1 fully saturated rings. The van der Waals surface area contributed by atoms with Gasteiger partial charge in [0.2, 0.25) is 0 Å². The largest absolute Gasteiger partial charge is 0.396 e. The van der Waals surface area contributed by atoms with Gasteiger partial charge in [-0.15, -0.1) is 0 Å². The van der Waals surface area contributed by atoms with Gasteiger partial charge in [-0.05, 0) is 38.0 Å². The van der Waals surface area contributed by atoms with Crippen molar-refractivity contribution in [3.05, 3.63) is 28.8 Å². The first-order chi connectivity index (χ1) is 7.63. The average Bonchev–Trinajstić information content (AvgIpc) is 2.64. The van der Waals surface area contributed by atoms with E-state index < -0.39 is 0 Å². The Hall–Kier alpha value is -0.730. The minimum absolute atomic E-state index is 0.275. The zero-order chi connectivity index (χ0) is 11.7. The first kappa shape index (κ1) is 11.7. The first-order valence-corrected chi connectivity index (χ1v) is 6.15. The van der Waals surface area contributed by atoms with Crippen molar-refractivity contribution in [3.63, 3.8) is 0 Å². The minimum atomic E-state index is 0.275. The standard InChI is InChI=1S/C13H18ClNO/c1-9-3-4-12(7-13(9)14)15-6-5-11(8-16)10(15)2/h3-4,7,10-11,16H,5-6,8H2,1-2H3. The molecule has 3 heteroatoms. The number of hydrogen-bond donors (Lipinski definition) is 1. The van der Waals surface area contributed by atoms with Gasteiger partial charge in [-0.1, -0.05) is 17.7 Å². The van der Waals surface area contributed by atoms with Crippen LogP contribution in [0, 0.1) is 12.8 Å². The maximum atomic E-state index is 9.25. The highest BCUT2D eigenvalue weighted by Gasteiger charge is 2.30. The van der Waals surface area contributed by atoms with E-state index in [1.54, 1.807) is 0 Å². The lowest BCUT2D eigenvalue weighted by Gasteiger charge is -2.26. The van der Waals surface area contributed by atoms with E-state index in [4.69, 9.17) is 11.6 Å². The molecule has 2 unspecified atom stereocenters. The Labute approximate surface area is 102 Å². The van der Waals surface area contributed by atoms with Gasteiger partial charge in [-0.2, -0.15) is 0 Å². The van der Waals surface area contributed by atoms with E-state index in [9.17, 15) is 5.11 Å². The molecule has 1 aliphatic rings. The van der Waals surface area contributed by atoms with Gasteiger partial charge in [-0.25, -0.2) is 0 Å². The van der Waals surface area contributed by atoms with Crippen LogP contribution in [0.3, 0.4) is 0 Å². The number of aliphatic hydroxyl groups excluding tert-OH is 1. The summed E-state index contributed by atoms with van der Waals surface area (Å²) in [6, 6.07) is 6.57. The molecule has 1 aromatic rings. The molecule has 88 valence electrons. The smallest absolute Gasteiger partial charge is 0.0479 e. The molecule has 1 aliphatic heterocycles. The predicted molar refractivity (Wildman–Crippen MR) is 68.2 cm³/mol. The molecule has 0 radical (unpaired) electrons. The zero-order valence-corrected chi connectivity index (χ0v) is 10.5. The predicted octanol–water partition coefficient (Wildman–Crippen LogP) is 2.86. The van der Waals surface area contributed by atoms with Crippen molar-refractivity contribution in [3.8, 4) is 0 Å². The third-order valence-electron chi connectivity index (χ3n) is 3.64. The third kappa shape index (κ3) is 2.04. The summed E-state index contributed by atoms with van der Waals surface area (Å²) in [5, 5.41) is 10.1. The number of aryl methyl sites for hydroxylation is 1. The maximum absolute atomic E-state index is 9.25. The van der Waals surface area contributed by atoms with Crippen LogP contribution in [0.25, 0.3) is 0 Å². The van der Waals surface area contributed by atoms with E-state index in [-0.39, 0.29) is 6.61 Å². The lowest BCUT2D eigenvalue weighted by molar-refractivity contribution is 0.221. The lowest BCUT2D eigenvalue weighted by Crippen LogP contribution is -2.31. The molecule has 1 heterocycles. The normalized spacial score (nSPS) is 25.1. The van der Waals surface area contributed by atoms with E-state index in [2.05, 4.69) is 24.0 Å². The number of anilines is 1. The Kier molecular flexibility index (Phi) is 3.41. The van der Waals surface area contributed by atoms with Gasteiger partial charge < -0.3 is 10.0 Å². The molecule has 1 N–H and O–H groups in total. The van der Waals surface area contributed by atoms with E-state index in [0.29, 0.717) is 12.0 Å². The molecule has 2 atom stereocenters. The number of aliphatic hydroxyl groups is 1. The number of halogens is 1. The number of hydrogen-bond acceptors (Lipinski definition) is 2. The summed E-state index contributed by atoms with van der Waals surface area (Å²) in [6.45, 7) is 5.46. The minimum Gasteiger partial charge on any atom is -0.396 e. The molecule has 1 aromatic carbocycles. The summed E-state index contributed by atoms with van der Waals surface area (Å²) in [5.41, 5.74) is 2.27. The van der Waals surface area contributed by atoms with E-state index >= 15 is 0 Å². The summed E-state index contributed by atoms with van der Waals surface area (Å²) in [6.07, 6.45) is 1.06. The summed E-state index contributed by atoms with van der Waals surface area (Å²) in [7, 11) is 0. The molecule has 16 heavy (non-hydrogen) atoms. The van der Waals surface area contributed by atoms with Gasteiger partial charge in [0.25, 0.3) is 0 Å². The van der Waals surface area contributed by atoms with Crippen molar-refractivity contribution < 1.29 is 5.11 Å². The van der Waals surface area contributed by atoms with Gasteiger partial charge in [0.05, 0.1) is 0 Å². The second kappa shape index (κ2) is 4.64. The van der Waals surface area contributed by atoms with Crippen LogP contribution < -0.4 is 4.90 Å². The van der Waals surface area contributed by atoms with E-state index in [1.807, 2.05) is 13.0 Å². The second-order valence-corrected chi connectivity index (χ2v) is 5.01. The zero-order valence-electron chi connectivity index (χ0n) is 9.78. The Morgan fingerprint density at radius 3 is 2.81 bits per heavy atom. The SMILES string of the molecule is Cc1ccc(N2CCC(CO)C2C)cc1Cl. The van der Waals surface area contributed by atoms with Crippen molar-refractivity contribution in [1.82, 2.24) is 0 Å². The molecule has 0 bridgehead atoms. The average molecular weight is 240 g/mol. The van der Waals surface area contributed by atoms with Crippen molar-refractivity contribution in [2.75, 3.05) is 18.1 Å². The fraction of sp³-hybridized carbons (Fsp3) is 0.538. The highest BCUT2D eigenvalue weighted by Crippen LogP contribution is 2.31. The molecular weight excluding hydrogens is 222 g/mol. The molecule has 1 saturated heterocycles. The Balaban J connectivity index is 2.22. The molecule has 2 nitrogen and oxygen atoms in total. The number of nitrogens with zero attached hydrogens (tertiary/aromatic N) is 1. The summed E-state index contributed by atoms with van der Waals surface area (Å²) in [5.74, 6) is 0.389. The van der Waals surface area contributed by atoms with E-state index in [0.717, 1.165) is 23.6 Å². The molecule has 0 amide bonds. The fourth-order valence-electron chi connectivity index (χ4n) is 2.37. The lowest BCUT2D eigenvalue weighted by atomic mass is 10.0. The molecule has 0 aliphatic carbocycles. The van der Waals surface area contributed by atoms with Crippen LogP contribution in [-0.4, -0.2) is 24.3 Å². The maximum Gasteiger partial charge on any atom is 0.0479 e. The highest BCUT2D eigenvalue weighted by molar-refractivity contribution is 6.31. The van der Waals surface area contributed by atoms with Gasteiger partial charge >= 0.3 is 0 Å². The van der Waals surface area contributed by atoms with Gasteiger partial charge in [0.15, 0.2) is 0 Å². The Morgan fingerprint density at radius 2 is 2.25 bits per heavy atom. The Morgan fingerprint density at radius 1 is 1.50 bits per heavy atom. The van der Waals surface area contributed by atoms with Crippen LogP contribution in [-0.2, 0) is 0 Å². The third-order valence-corrected chi connectivity index (χ3v) is 4.04. The number of rotatable bonds is 2. The van der Waals surface area contributed by atoms with Crippen LogP contribution >= 0.6 is 11.6 Å². The van der Waals surface area contributed by atoms with Gasteiger partial charge in [-0.3, -0.25) is 0 Å². The van der Waals surface area contributed by atoms with Crippen LogP contribution in [0.2, 0.25) is 5.02 Å². The molecule has 0 aromatic heterocycles. The van der Waals surface area contributed by atoms with Crippen LogP contribution in [0.5, 0.6) is 0 Å². The summed E-state index contributed by atoms with van der Waals surface area (Å²) >= 11 is 6.13. The van der Waals surface area contributed by atoms with Gasteiger partial charge in [0, 0.05) is 35.8 Å². The molecule has 0 spiro atoms. The monoisotopic (exact) mass is 239 g/mol. The van der Waals surface area contributed by atoms with Gasteiger partial charge in [0.1, 0.15) is 0 Å². The molecule has 2 rings (SSSR count). The van der Waals surface area contributed by atoms with Crippen LogP contribution in [0.4, 0.5) is 5.69 Å². The second-order valence-electron chi connectivity index (χ2n) is 4.60. The summed E-state index contributed by atoms with van der Waals surface area (Å²) < 4.78 is 0. The molecule has 0 saturated carbocycles. The summed E-state index contributed by atoms with van der Waals surface area (Å²) in [4.78, 5) is 2.33. The Bertz CT molecular complexity index is 380. The van der Waals surface area contributed by atoms with Crippen molar-refractivity contribution in [1.29, 1.82) is 0 Å². The van der Waals surface area contributed by atoms with Crippen molar-refractivity contribution >= 4 is 17.3 Å².